The Balaban J connectivity index is 2.25. The third-order valence-electron chi connectivity index (χ3n) is 4.19. The summed E-state index contributed by atoms with van der Waals surface area (Å²) in [5.41, 5.74) is 0.934. The van der Waals surface area contributed by atoms with Gasteiger partial charge in [-0.25, -0.2) is 0 Å². The molecule has 1 aliphatic carbocycles. The van der Waals surface area contributed by atoms with E-state index in [0.717, 1.165) is 37.2 Å². The highest BCUT2D eigenvalue weighted by Crippen LogP contribution is 2.28. The van der Waals surface area contributed by atoms with Crippen molar-refractivity contribution >= 4 is 23.3 Å². The molecule has 8 nitrogen and oxygen atoms in total. The van der Waals surface area contributed by atoms with Gasteiger partial charge in [0.2, 0.25) is 23.1 Å². The first-order valence-corrected chi connectivity index (χ1v) is 10.1. The fraction of sp³-hybridized carbons (Fsp3) is 0.667. The zero-order valence-electron chi connectivity index (χ0n) is 16.1. The lowest BCUT2D eigenvalue weighted by Crippen LogP contribution is -2.25. The van der Waals surface area contributed by atoms with Crippen molar-refractivity contribution in [3.8, 4) is 0 Å². The molecule has 0 aromatic rings. The summed E-state index contributed by atoms with van der Waals surface area (Å²) in [6.45, 7) is 1.81. The SMILES string of the molecule is COC1=C(OC)C(=O)C(CCCSCCCCCCO[N+](=O)[O-])=C(C)C1=O. The van der Waals surface area contributed by atoms with Crippen LogP contribution < -0.4 is 0 Å². The van der Waals surface area contributed by atoms with E-state index in [2.05, 4.69) is 4.84 Å². The van der Waals surface area contributed by atoms with Crippen LogP contribution in [0.15, 0.2) is 22.7 Å². The lowest BCUT2D eigenvalue weighted by atomic mass is 9.90. The number of rotatable bonds is 14. The van der Waals surface area contributed by atoms with Crippen molar-refractivity contribution in [3.05, 3.63) is 32.8 Å². The third kappa shape index (κ3) is 7.24. The molecule has 0 unspecified atom stereocenters. The summed E-state index contributed by atoms with van der Waals surface area (Å²) < 4.78 is 10.1. The molecule has 0 atom stereocenters. The fourth-order valence-electron chi connectivity index (χ4n) is 2.74. The molecular weight excluding hydrogens is 374 g/mol. The minimum atomic E-state index is -0.765. The number of unbranched alkanes of at least 4 members (excludes halogenated alkanes) is 3. The Morgan fingerprint density at radius 3 is 2.15 bits per heavy atom. The first-order valence-electron chi connectivity index (χ1n) is 8.90. The fourth-order valence-corrected chi connectivity index (χ4v) is 3.71. The van der Waals surface area contributed by atoms with Crippen LogP contribution in [0.3, 0.4) is 0 Å². The number of hydrogen-bond acceptors (Lipinski definition) is 8. The van der Waals surface area contributed by atoms with Gasteiger partial charge in [0.1, 0.15) is 0 Å². The van der Waals surface area contributed by atoms with Crippen molar-refractivity contribution in [1.82, 2.24) is 0 Å². The van der Waals surface area contributed by atoms with Crippen LogP contribution in [0.25, 0.3) is 0 Å². The summed E-state index contributed by atoms with van der Waals surface area (Å²) in [6, 6.07) is 0. The number of ketones is 2. The molecule has 27 heavy (non-hydrogen) atoms. The van der Waals surface area contributed by atoms with Gasteiger partial charge in [-0.3, -0.25) is 9.59 Å². The monoisotopic (exact) mass is 401 g/mol. The molecule has 0 fully saturated rings. The topological polar surface area (TPSA) is 105 Å². The zero-order chi connectivity index (χ0) is 20.2. The van der Waals surface area contributed by atoms with Gasteiger partial charge in [0.25, 0.3) is 5.09 Å². The maximum atomic E-state index is 12.5. The highest BCUT2D eigenvalue weighted by atomic mass is 32.2. The average molecular weight is 401 g/mol. The quantitative estimate of drug-likeness (QED) is 0.189. The summed E-state index contributed by atoms with van der Waals surface area (Å²) in [5, 5.41) is 9.23. The van der Waals surface area contributed by atoms with Gasteiger partial charge in [-0.15, -0.1) is 10.1 Å². The highest BCUT2D eigenvalue weighted by Gasteiger charge is 2.34. The summed E-state index contributed by atoms with van der Waals surface area (Å²) in [7, 11) is 2.71. The number of allylic oxidation sites excluding steroid dienone is 2. The number of ether oxygens (including phenoxy) is 2. The third-order valence-corrected chi connectivity index (χ3v) is 5.34. The Hall–Kier alpha value is -2.03. The molecule has 0 aliphatic heterocycles. The number of carbonyl (C=O) groups excluding carboxylic acids is 2. The second-order valence-electron chi connectivity index (χ2n) is 6.02. The molecule has 0 saturated heterocycles. The maximum Gasteiger partial charge on any atom is 0.294 e. The molecule has 0 bridgehead atoms. The number of carbonyl (C=O) groups is 2. The second kappa shape index (κ2) is 12.4. The van der Waals surface area contributed by atoms with Crippen LogP contribution in [-0.2, 0) is 23.9 Å². The van der Waals surface area contributed by atoms with Crippen LogP contribution in [0.1, 0.15) is 45.4 Å². The normalized spacial score (nSPS) is 14.6. The van der Waals surface area contributed by atoms with Crippen LogP contribution in [0.5, 0.6) is 0 Å². The van der Waals surface area contributed by atoms with Gasteiger partial charge in [-0.05, 0) is 44.1 Å². The Labute approximate surface area is 163 Å². The van der Waals surface area contributed by atoms with Gasteiger partial charge in [0.15, 0.2) is 0 Å². The van der Waals surface area contributed by atoms with Crippen molar-refractivity contribution in [1.29, 1.82) is 0 Å². The van der Waals surface area contributed by atoms with Crippen molar-refractivity contribution in [2.75, 3.05) is 32.3 Å². The van der Waals surface area contributed by atoms with Crippen molar-refractivity contribution in [3.63, 3.8) is 0 Å². The lowest BCUT2D eigenvalue weighted by Gasteiger charge is -2.20. The average Bonchev–Trinajstić information content (AvgIpc) is 2.64. The van der Waals surface area contributed by atoms with Crippen molar-refractivity contribution in [2.24, 2.45) is 0 Å². The summed E-state index contributed by atoms with van der Waals surface area (Å²) in [6.07, 6.45) is 4.97. The highest BCUT2D eigenvalue weighted by molar-refractivity contribution is 7.99. The molecule has 0 spiro atoms. The Morgan fingerprint density at radius 2 is 1.52 bits per heavy atom. The number of methoxy groups -OCH3 is 2. The van der Waals surface area contributed by atoms with Crippen LogP contribution in [0.4, 0.5) is 0 Å². The van der Waals surface area contributed by atoms with E-state index in [-0.39, 0.29) is 29.7 Å². The van der Waals surface area contributed by atoms with Gasteiger partial charge in [-0.1, -0.05) is 12.8 Å². The maximum absolute atomic E-state index is 12.5. The van der Waals surface area contributed by atoms with Crippen LogP contribution in [-0.4, -0.2) is 49.0 Å². The standard InChI is InChI=1S/C18H27NO7S/c1-13-14(16(21)18(25-3)17(24-2)15(13)20)9-8-12-27-11-7-5-4-6-10-26-19(22)23/h4-12H2,1-3H3. The number of hydrogen-bond donors (Lipinski definition) is 0. The van der Waals surface area contributed by atoms with Gasteiger partial charge in [0.05, 0.1) is 20.8 Å². The Bertz CT molecular complexity index is 613. The van der Waals surface area contributed by atoms with Gasteiger partial charge >= 0.3 is 0 Å². The van der Waals surface area contributed by atoms with E-state index in [1.54, 1.807) is 18.7 Å². The van der Waals surface area contributed by atoms with Gasteiger partial charge in [0, 0.05) is 11.1 Å². The molecule has 0 aromatic heterocycles. The van der Waals surface area contributed by atoms with E-state index >= 15 is 0 Å². The predicted octanol–water partition coefficient (Wildman–Crippen LogP) is 3.24. The molecule has 0 saturated carbocycles. The molecule has 9 heteroatoms. The number of thioether (sulfide) groups is 1. The number of nitrogens with zero attached hydrogens (tertiary/aromatic N) is 1. The summed E-state index contributed by atoms with van der Waals surface area (Å²) in [5.74, 6) is 1.29. The van der Waals surface area contributed by atoms with E-state index < -0.39 is 5.09 Å². The molecule has 1 aliphatic rings. The van der Waals surface area contributed by atoms with Crippen LogP contribution in [0, 0.1) is 10.1 Å². The molecule has 1 rings (SSSR count). The first kappa shape index (κ1) is 23.0. The first-order chi connectivity index (χ1) is 12.9. The van der Waals surface area contributed by atoms with Gasteiger partial charge < -0.3 is 14.3 Å². The molecule has 152 valence electrons. The van der Waals surface area contributed by atoms with Crippen LogP contribution >= 0.6 is 11.8 Å². The summed E-state index contributed by atoms with van der Waals surface area (Å²) >= 11 is 1.80. The smallest absolute Gasteiger partial charge is 0.294 e. The predicted molar refractivity (Wildman–Crippen MR) is 102 cm³/mol. The van der Waals surface area contributed by atoms with E-state index in [4.69, 9.17) is 9.47 Å². The van der Waals surface area contributed by atoms with Crippen LogP contribution in [0.2, 0.25) is 0 Å². The van der Waals surface area contributed by atoms with Crippen molar-refractivity contribution in [2.45, 2.75) is 45.4 Å². The lowest BCUT2D eigenvalue weighted by molar-refractivity contribution is -0.757. The summed E-state index contributed by atoms with van der Waals surface area (Å²) in [4.78, 5) is 39.0. The molecule has 0 radical (unpaired) electrons. The minimum Gasteiger partial charge on any atom is -0.489 e. The minimum absolute atomic E-state index is 0.0168. The van der Waals surface area contributed by atoms with E-state index in [0.29, 0.717) is 24.0 Å². The number of Topliss-reactive ketones (excluding diaryl/α,β-unsaturated/α-hetero) is 2. The Kier molecular flexibility index (Phi) is 10.5. The van der Waals surface area contributed by atoms with Gasteiger partial charge in [-0.2, -0.15) is 11.8 Å². The molecule has 0 N–H and O–H groups in total. The van der Waals surface area contributed by atoms with E-state index in [1.807, 2.05) is 0 Å². The molecule has 0 aromatic carbocycles. The molecule has 0 amide bonds. The Morgan fingerprint density at radius 1 is 0.926 bits per heavy atom. The zero-order valence-corrected chi connectivity index (χ0v) is 16.9. The molecular formula is C18H27NO7S. The molecule has 0 heterocycles. The second-order valence-corrected chi connectivity index (χ2v) is 7.24. The van der Waals surface area contributed by atoms with E-state index in [1.165, 1.54) is 14.2 Å². The van der Waals surface area contributed by atoms with Crippen molar-refractivity contribution < 1.29 is 29.0 Å². The largest absolute Gasteiger partial charge is 0.489 e. The van der Waals surface area contributed by atoms with E-state index in [9.17, 15) is 19.7 Å².